The van der Waals surface area contributed by atoms with Crippen molar-refractivity contribution >= 4 is 32.9 Å². The standard InChI is InChI=1S/C12H15N3O2S2/c1-9(10-5-6-18-8-10)14-11-3-2-4-12(7-11)15-19(13,16)17/h2-9,14-15H,1H3,(H2,13,16,17). The second kappa shape index (κ2) is 5.60. The molecule has 102 valence electrons. The first-order chi connectivity index (χ1) is 8.94. The molecule has 19 heavy (non-hydrogen) atoms. The molecule has 1 heterocycles. The van der Waals surface area contributed by atoms with E-state index in [2.05, 4.69) is 21.5 Å². The van der Waals surface area contributed by atoms with E-state index in [0.717, 1.165) is 5.69 Å². The number of benzene rings is 1. The minimum atomic E-state index is -3.74. The molecule has 0 saturated heterocycles. The van der Waals surface area contributed by atoms with Gasteiger partial charge in [-0.15, -0.1) is 0 Å². The molecule has 0 fully saturated rings. The first-order valence-electron chi connectivity index (χ1n) is 5.63. The first-order valence-corrected chi connectivity index (χ1v) is 8.12. The van der Waals surface area contributed by atoms with Crippen molar-refractivity contribution in [3.63, 3.8) is 0 Å². The normalized spacial score (nSPS) is 12.9. The van der Waals surface area contributed by atoms with Crippen LogP contribution in [0.15, 0.2) is 41.1 Å². The molecule has 0 aliphatic carbocycles. The van der Waals surface area contributed by atoms with Gasteiger partial charge in [0, 0.05) is 11.7 Å². The van der Waals surface area contributed by atoms with E-state index < -0.39 is 10.2 Å². The summed E-state index contributed by atoms with van der Waals surface area (Å²) in [5, 5.41) is 12.3. The summed E-state index contributed by atoms with van der Waals surface area (Å²) in [6, 6.07) is 9.18. The number of hydrogen-bond acceptors (Lipinski definition) is 4. The van der Waals surface area contributed by atoms with Gasteiger partial charge in [-0.1, -0.05) is 6.07 Å². The summed E-state index contributed by atoms with van der Waals surface area (Å²) >= 11 is 1.64. The van der Waals surface area contributed by atoms with Gasteiger partial charge >= 0.3 is 0 Å². The summed E-state index contributed by atoms with van der Waals surface area (Å²) in [6.07, 6.45) is 0. The Kier molecular flexibility index (Phi) is 4.08. The van der Waals surface area contributed by atoms with Crippen LogP contribution in [-0.4, -0.2) is 8.42 Å². The van der Waals surface area contributed by atoms with Gasteiger partial charge in [-0.2, -0.15) is 19.8 Å². The van der Waals surface area contributed by atoms with Crippen molar-refractivity contribution in [1.82, 2.24) is 0 Å². The number of nitrogens with two attached hydrogens (primary N) is 1. The highest BCUT2D eigenvalue weighted by atomic mass is 32.2. The third-order valence-corrected chi connectivity index (χ3v) is 3.77. The largest absolute Gasteiger partial charge is 0.378 e. The SMILES string of the molecule is CC(Nc1cccc(NS(N)(=O)=O)c1)c1ccsc1. The van der Waals surface area contributed by atoms with Crippen LogP contribution in [0.3, 0.4) is 0 Å². The summed E-state index contributed by atoms with van der Waals surface area (Å²) in [5.41, 5.74) is 2.45. The predicted molar refractivity (Wildman–Crippen MR) is 79.5 cm³/mol. The van der Waals surface area contributed by atoms with Crippen LogP contribution >= 0.6 is 11.3 Å². The lowest BCUT2D eigenvalue weighted by Gasteiger charge is -2.15. The summed E-state index contributed by atoms with van der Waals surface area (Å²) in [5.74, 6) is 0. The van der Waals surface area contributed by atoms with Gasteiger partial charge in [-0.25, -0.2) is 5.14 Å². The van der Waals surface area contributed by atoms with Crippen molar-refractivity contribution in [2.75, 3.05) is 10.0 Å². The maximum Gasteiger partial charge on any atom is 0.296 e. The fourth-order valence-corrected chi connectivity index (χ4v) is 2.90. The van der Waals surface area contributed by atoms with Crippen LogP contribution in [-0.2, 0) is 10.2 Å². The Bertz CT molecular complexity index is 639. The Morgan fingerprint density at radius 1 is 1.26 bits per heavy atom. The number of hydrogen-bond donors (Lipinski definition) is 3. The van der Waals surface area contributed by atoms with E-state index >= 15 is 0 Å². The molecular formula is C12H15N3O2S2. The Labute approximate surface area is 116 Å². The number of anilines is 2. The van der Waals surface area contributed by atoms with Gasteiger partial charge in [0.2, 0.25) is 0 Å². The molecule has 7 heteroatoms. The highest BCUT2D eigenvalue weighted by Crippen LogP contribution is 2.23. The molecule has 0 bridgehead atoms. The summed E-state index contributed by atoms with van der Waals surface area (Å²) in [7, 11) is -3.74. The predicted octanol–water partition coefficient (Wildman–Crippen LogP) is 2.54. The molecule has 2 aromatic rings. The average Bonchev–Trinajstić information content (AvgIpc) is 2.80. The maximum absolute atomic E-state index is 11.0. The molecule has 1 aromatic heterocycles. The van der Waals surface area contributed by atoms with Crippen LogP contribution in [0.2, 0.25) is 0 Å². The van der Waals surface area contributed by atoms with Crippen LogP contribution < -0.4 is 15.2 Å². The van der Waals surface area contributed by atoms with E-state index in [1.165, 1.54) is 5.56 Å². The Hall–Kier alpha value is -1.57. The second-order valence-electron chi connectivity index (χ2n) is 4.15. The van der Waals surface area contributed by atoms with Gasteiger partial charge in [0.1, 0.15) is 0 Å². The van der Waals surface area contributed by atoms with E-state index in [0.29, 0.717) is 5.69 Å². The number of rotatable bonds is 5. The van der Waals surface area contributed by atoms with Crippen molar-refractivity contribution in [2.24, 2.45) is 5.14 Å². The highest BCUT2D eigenvalue weighted by molar-refractivity contribution is 7.90. The minimum Gasteiger partial charge on any atom is -0.378 e. The lowest BCUT2D eigenvalue weighted by atomic mass is 10.1. The number of nitrogens with one attached hydrogen (secondary N) is 2. The van der Waals surface area contributed by atoms with Crippen LogP contribution in [0, 0.1) is 0 Å². The molecule has 5 nitrogen and oxygen atoms in total. The van der Waals surface area contributed by atoms with E-state index in [4.69, 9.17) is 5.14 Å². The van der Waals surface area contributed by atoms with Gasteiger partial charge < -0.3 is 5.32 Å². The smallest absolute Gasteiger partial charge is 0.296 e. The van der Waals surface area contributed by atoms with Crippen LogP contribution in [0.4, 0.5) is 11.4 Å². The molecule has 0 amide bonds. The Morgan fingerprint density at radius 2 is 2.00 bits per heavy atom. The topological polar surface area (TPSA) is 84.2 Å². The molecule has 0 spiro atoms. The molecular weight excluding hydrogens is 282 g/mol. The summed E-state index contributed by atoms with van der Waals surface area (Å²) < 4.78 is 24.2. The quantitative estimate of drug-likeness (QED) is 0.793. The Balaban J connectivity index is 2.11. The van der Waals surface area contributed by atoms with Gasteiger partial charge in [-0.05, 0) is 47.5 Å². The Morgan fingerprint density at radius 3 is 2.63 bits per heavy atom. The van der Waals surface area contributed by atoms with E-state index in [1.54, 1.807) is 29.5 Å². The lowest BCUT2D eigenvalue weighted by molar-refractivity contribution is 0.603. The van der Waals surface area contributed by atoms with Gasteiger partial charge in [0.15, 0.2) is 0 Å². The lowest BCUT2D eigenvalue weighted by Crippen LogP contribution is -2.21. The average molecular weight is 297 g/mol. The molecule has 1 atom stereocenters. The van der Waals surface area contributed by atoms with E-state index in [-0.39, 0.29) is 6.04 Å². The van der Waals surface area contributed by atoms with Crippen LogP contribution in [0.1, 0.15) is 18.5 Å². The maximum atomic E-state index is 11.0. The second-order valence-corrected chi connectivity index (χ2v) is 6.22. The fraction of sp³-hybridized carbons (Fsp3) is 0.167. The van der Waals surface area contributed by atoms with Crippen LogP contribution in [0.25, 0.3) is 0 Å². The monoisotopic (exact) mass is 297 g/mol. The molecule has 0 saturated carbocycles. The molecule has 2 rings (SSSR count). The minimum absolute atomic E-state index is 0.149. The van der Waals surface area contributed by atoms with Crippen molar-refractivity contribution in [3.05, 3.63) is 46.7 Å². The number of thiophene rings is 1. The van der Waals surface area contributed by atoms with Crippen molar-refractivity contribution in [2.45, 2.75) is 13.0 Å². The van der Waals surface area contributed by atoms with Gasteiger partial charge in [-0.3, -0.25) is 4.72 Å². The molecule has 0 aliphatic rings. The molecule has 0 radical (unpaired) electrons. The summed E-state index contributed by atoms with van der Waals surface area (Å²) in [6.45, 7) is 2.04. The van der Waals surface area contributed by atoms with Crippen LogP contribution in [0.5, 0.6) is 0 Å². The molecule has 4 N–H and O–H groups in total. The van der Waals surface area contributed by atoms with Crippen molar-refractivity contribution < 1.29 is 8.42 Å². The van der Waals surface area contributed by atoms with Crippen molar-refractivity contribution in [3.8, 4) is 0 Å². The third kappa shape index (κ3) is 4.23. The third-order valence-electron chi connectivity index (χ3n) is 2.55. The zero-order chi connectivity index (χ0) is 13.9. The van der Waals surface area contributed by atoms with E-state index in [1.807, 2.05) is 18.4 Å². The molecule has 1 unspecified atom stereocenters. The van der Waals surface area contributed by atoms with Gasteiger partial charge in [0.25, 0.3) is 10.2 Å². The highest BCUT2D eigenvalue weighted by Gasteiger charge is 2.07. The zero-order valence-corrected chi connectivity index (χ0v) is 12.0. The summed E-state index contributed by atoms with van der Waals surface area (Å²) in [4.78, 5) is 0. The van der Waals surface area contributed by atoms with Gasteiger partial charge in [0.05, 0.1) is 5.69 Å². The van der Waals surface area contributed by atoms with Crippen molar-refractivity contribution in [1.29, 1.82) is 0 Å². The zero-order valence-electron chi connectivity index (χ0n) is 10.3. The molecule has 0 aliphatic heterocycles. The first kappa shape index (κ1) is 13.9. The molecule has 1 aromatic carbocycles. The van der Waals surface area contributed by atoms with E-state index in [9.17, 15) is 8.42 Å². The fourth-order valence-electron chi connectivity index (χ4n) is 1.69.